The van der Waals surface area contributed by atoms with Crippen LogP contribution in [-0.2, 0) is 4.79 Å². The first-order valence-corrected chi connectivity index (χ1v) is 13.5. The van der Waals surface area contributed by atoms with Gasteiger partial charge in [0.25, 0.3) is 0 Å². The van der Waals surface area contributed by atoms with Crippen molar-refractivity contribution in [2.75, 3.05) is 30.8 Å². The Bertz CT molecular complexity index is 1460. The molecule has 8 nitrogen and oxygen atoms in total. The van der Waals surface area contributed by atoms with Gasteiger partial charge in [-0.15, -0.1) is 0 Å². The van der Waals surface area contributed by atoms with Gasteiger partial charge in [0, 0.05) is 17.8 Å². The number of nitrogens with one attached hydrogen (secondary N) is 2. The van der Waals surface area contributed by atoms with Gasteiger partial charge in [-0.25, -0.2) is 9.48 Å². The smallest absolute Gasteiger partial charge is 0.322 e. The first-order valence-electron chi connectivity index (χ1n) is 13.5. The van der Waals surface area contributed by atoms with Gasteiger partial charge in [-0.3, -0.25) is 4.79 Å². The number of unbranched alkanes of at least 4 members (excludes halogenated alkanes) is 1. The zero-order valence-electron chi connectivity index (χ0n) is 23.8. The molecule has 208 valence electrons. The predicted octanol–water partition coefficient (Wildman–Crippen LogP) is 6.75. The van der Waals surface area contributed by atoms with E-state index in [0.717, 1.165) is 52.2 Å². The summed E-state index contributed by atoms with van der Waals surface area (Å²) in [5, 5.41) is 10.8. The van der Waals surface area contributed by atoms with Gasteiger partial charge in [0.05, 0.1) is 18.5 Å². The molecule has 0 aliphatic heterocycles. The normalized spacial score (nSPS) is 10.7. The minimum atomic E-state index is -0.310. The van der Waals surface area contributed by atoms with E-state index in [0.29, 0.717) is 18.1 Å². The molecule has 4 rings (SSSR count). The molecule has 2 N–H and O–H groups in total. The maximum absolute atomic E-state index is 13.5. The Morgan fingerprint density at radius 2 is 1.65 bits per heavy atom. The molecule has 40 heavy (non-hydrogen) atoms. The highest BCUT2D eigenvalue weighted by Gasteiger charge is 2.23. The second-order valence-electron chi connectivity index (χ2n) is 9.84. The summed E-state index contributed by atoms with van der Waals surface area (Å²) in [6.45, 7) is 8.37. The summed E-state index contributed by atoms with van der Waals surface area (Å²) >= 11 is 0. The van der Waals surface area contributed by atoms with E-state index in [1.165, 1.54) is 0 Å². The summed E-state index contributed by atoms with van der Waals surface area (Å²) in [7, 11) is 1.62. The van der Waals surface area contributed by atoms with E-state index in [1.807, 2.05) is 93.6 Å². The summed E-state index contributed by atoms with van der Waals surface area (Å²) < 4.78 is 7.03. The standard InChI is InChI=1S/C32H37N5O3/c1-6-7-19-36(32(39)33-26-14-13-22(2)23(3)20-26)21-29(38)34-31-30(25-11-9-8-10-12-25)24(4)35-37(31)27-15-17-28(40-5)18-16-27/h8-18,20H,6-7,19,21H2,1-5H3,(H,33,39)(H,34,38). The number of methoxy groups -OCH3 is 1. The molecule has 0 saturated carbocycles. The number of aromatic nitrogens is 2. The van der Waals surface area contributed by atoms with E-state index >= 15 is 0 Å². The van der Waals surface area contributed by atoms with Crippen LogP contribution in [0.1, 0.15) is 36.6 Å². The third-order valence-electron chi connectivity index (χ3n) is 6.86. The molecule has 0 fully saturated rings. The Hall–Kier alpha value is -4.59. The number of carbonyl (C=O) groups is 2. The van der Waals surface area contributed by atoms with Gasteiger partial charge >= 0.3 is 6.03 Å². The van der Waals surface area contributed by atoms with Crippen LogP contribution in [0.5, 0.6) is 5.75 Å². The molecule has 0 unspecified atom stereocenters. The van der Waals surface area contributed by atoms with Crippen molar-refractivity contribution in [2.24, 2.45) is 0 Å². The quantitative estimate of drug-likeness (QED) is 0.233. The van der Waals surface area contributed by atoms with Gasteiger partial charge in [-0.05, 0) is 80.3 Å². The van der Waals surface area contributed by atoms with Crippen LogP contribution in [0.15, 0.2) is 72.8 Å². The predicted molar refractivity (Wildman–Crippen MR) is 160 cm³/mol. The molecular weight excluding hydrogens is 502 g/mol. The van der Waals surface area contributed by atoms with Gasteiger partial charge in [0.2, 0.25) is 5.91 Å². The first-order chi connectivity index (χ1) is 19.3. The Labute approximate surface area is 236 Å². The van der Waals surface area contributed by atoms with Crippen molar-refractivity contribution in [1.82, 2.24) is 14.7 Å². The Morgan fingerprint density at radius 1 is 0.925 bits per heavy atom. The Balaban J connectivity index is 1.62. The number of aryl methyl sites for hydroxylation is 3. The largest absolute Gasteiger partial charge is 0.497 e. The number of nitrogens with zero attached hydrogens (tertiary/aromatic N) is 3. The summed E-state index contributed by atoms with van der Waals surface area (Å²) in [5.74, 6) is 0.963. The number of hydrogen-bond donors (Lipinski definition) is 2. The zero-order valence-corrected chi connectivity index (χ0v) is 23.8. The number of hydrogen-bond acceptors (Lipinski definition) is 4. The fourth-order valence-electron chi connectivity index (χ4n) is 4.47. The minimum Gasteiger partial charge on any atom is -0.497 e. The molecule has 0 saturated heterocycles. The minimum absolute atomic E-state index is 0.0995. The van der Waals surface area contributed by atoms with Crippen LogP contribution >= 0.6 is 0 Å². The van der Waals surface area contributed by atoms with E-state index < -0.39 is 0 Å². The highest BCUT2D eigenvalue weighted by Crippen LogP contribution is 2.33. The van der Waals surface area contributed by atoms with Gasteiger partial charge in [0.15, 0.2) is 0 Å². The molecule has 0 atom stereocenters. The van der Waals surface area contributed by atoms with Gasteiger partial charge in [-0.2, -0.15) is 5.10 Å². The number of amides is 3. The molecule has 0 radical (unpaired) electrons. The summed E-state index contributed by atoms with van der Waals surface area (Å²) in [5.41, 5.74) is 6.25. The van der Waals surface area contributed by atoms with Crippen LogP contribution in [0.2, 0.25) is 0 Å². The number of urea groups is 1. The van der Waals surface area contributed by atoms with Crippen molar-refractivity contribution in [3.63, 3.8) is 0 Å². The van der Waals surface area contributed by atoms with Crippen LogP contribution < -0.4 is 15.4 Å². The second-order valence-corrected chi connectivity index (χ2v) is 9.84. The molecule has 1 aromatic heterocycles. The molecule has 3 aromatic carbocycles. The third-order valence-corrected chi connectivity index (χ3v) is 6.86. The fraction of sp³-hybridized carbons (Fsp3) is 0.281. The lowest BCUT2D eigenvalue weighted by Crippen LogP contribution is -2.41. The molecule has 4 aromatic rings. The van der Waals surface area contributed by atoms with Crippen molar-refractivity contribution in [1.29, 1.82) is 0 Å². The van der Waals surface area contributed by atoms with Gasteiger partial charge in [0.1, 0.15) is 18.1 Å². The third kappa shape index (κ3) is 6.69. The number of benzene rings is 3. The maximum atomic E-state index is 13.5. The lowest BCUT2D eigenvalue weighted by Gasteiger charge is -2.23. The van der Waals surface area contributed by atoms with Crippen LogP contribution in [0.4, 0.5) is 16.3 Å². The maximum Gasteiger partial charge on any atom is 0.322 e. The second kappa shape index (κ2) is 13.0. The van der Waals surface area contributed by atoms with Crippen LogP contribution in [0, 0.1) is 20.8 Å². The first kappa shape index (κ1) is 28.4. The molecule has 1 heterocycles. The number of ether oxygens (including phenoxy) is 1. The van der Waals surface area contributed by atoms with E-state index in [9.17, 15) is 9.59 Å². The van der Waals surface area contributed by atoms with Crippen molar-refractivity contribution < 1.29 is 14.3 Å². The lowest BCUT2D eigenvalue weighted by molar-refractivity contribution is -0.116. The highest BCUT2D eigenvalue weighted by molar-refractivity contribution is 5.99. The molecule has 0 spiro atoms. The lowest BCUT2D eigenvalue weighted by atomic mass is 10.1. The van der Waals surface area contributed by atoms with E-state index in [2.05, 4.69) is 17.6 Å². The summed E-state index contributed by atoms with van der Waals surface area (Å²) in [4.78, 5) is 28.3. The SMILES string of the molecule is CCCCN(CC(=O)Nc1c(-c2ccccc2)c(C)nn1-c1ccc(OC)cc1)C(=O)Nc1ccc(C)c(C)c1. The average molecular weight is 540 g/mol. The Kier molecular flexibility index (Phi) is 9.22. The highest BCUT2D eigenvalue weighted by atomic mass is 16.5. The molecule has 0 aliphatic rings. The van der Waals surface area contributed by atoms with Crippen molar-refractivity contribution in [3.05, 3.63) is 89.6 Å². The van der Waals surface area contributed by atoms with Crippen molar-refractivity contribution in [3.8, 4) is 22.6 Å². The number of rotatable bonds is 10. The van der Waals surface area contributed by atoms with Gasteiger partial charge in [-0.1, -0.05) is 49.7 Å². The van der Waals surface area contributed by atoms with E-state index in [4.69, 9.17) is 9.84 Å². The average Bonchev–Trinajstić information content (AvgIpc) is 3.28. The summed E-state index contributed by atoms with van der Waals surface area (Å²) in [6.07, 6.45) is 1.68. The summed E-state index contributed by atoms with van der Waals surface area (Å²) in [6, 6.07) is 22.8. The molecule has 3 amide bonds. The number of carbonyl (C=O) groups excluding carboxylic acids is 2. The number of anilines is 2. The van der Waals surface area contributed by atoms with Crippen molar-refractivity contribution in [2.45, 2.75) is 40.5 Å². The zero-order chi connectivity index (χ0) is 28.6. The topological polar surface area (TPSA) is 88.5 Å². The van der Waals surface area contributed by atoms with Gasteiger partial charge < -0.3 is 20.3 Å². The monoisotopic (exact) mass is 539 g/mol. The molecule has 0 bridgehead atoms. The van der Waals surface area contributed by atoms with Crippen molar-refractivity contribution >= 4 is 23.4 Å². The molecule has 8 heteroatoms. The molecule has 0 aliphatic carbocycles. The van der Waals surface area contributed by atoms with E-state index in [1.54, 1.807) is 16.7 Å². The van der Waals surface area contributed by atoms with Crippen LogP contribution in [0.25, 0.3) is 16.8 Å². The Morgan fingerprint density at radius 3 is 2.30 bits per heavy atom. The fourth-order valence-corrected chi connectivity index (χ4v) is 4.47. The van der Waals surface area contributed by atoms with Crippen LogP contribution in [0.3, 0.4) is 0 Å². The van der Waals surface area contributed by atoms with E-state index in [-0.39, 0.29) is 18.5 Å². The molecular formula is C32H37N5O3. The van der Waals surface area contributed by atoms with Crippen LogP contribution in [-0.4, -0.2) is 46.8 Å².